The molecular weight excluding hydrogens is 246 g/mol. The maximum absolute atomic E-state index is 4.32. The van der Waals surface area contributed by atoms with Gasteiger partial charge in [-0.2, -0.15) is 24.7 Å². The van der Waals surface area contributed by atoms with E-state index < -0.39 is 0 Å². The first-order valence-corrected chi connectivity index (χ1v) is 5.70. The number of nitrogens with one attached hydrogen (secondary N) is 1. The summed E-state index contributed by atoms with van der Waals surface area (Å²) in [4.78, 5) is 20.7. The molecule has 19 heavy (non-hydrogen) atoms. The average molecular weight is 257 g/mol. The minimum absolute atomic E-state index is 0.396. The van der Waals surface area contributed by atoms with Gasteiger partial charge in [0.1, 0.15) is 19.0 Å². The van der Waals surface area contributed by atoms with Crippen molar-refractivity contribution in [1.29, 1.82) is 0 Å². The Morgan fingerprint density at radius 1 is 1.11 bits per heavy atom. The van der Waals surface area contributed by atoms with Gasteiger partial charge in [0.25, 0.3) is 5.95 Å². The van der Waals surface area contributed by atoms with Crippen molar-refractivity contribution in [3.8, 4) is 11.9 Å². The summed E-state index contributed by atoms with van der Waals surface area (Å²) in [5.41, 5.74) is 0. The van der Waals surface area contributed by atoms with Crippen LogP contribution in [0.5, 0.6) is 0 Å². The van der Waals surface area contributed by atoms with Crippen LogP contribution in [-0.2, 0) is 0 Å². The zero-order valence-electron chi connectivity index (χ0n) is 10.2. The summed E-state index contributed by atoms with van der Waals surface area (Å²) in [5, 5.41) is 7.06. The maximum atomic E-state index is 4.32. The third-order valence-electron chi connectivity index (χ3n) is 2.31. The van der Waals surface area contributed by atoms with E-state index in [2.05, 4.69) is 35.3 Å². The van der Waals surface area contributed by atoms with E-state index in [1.807, 2.05) is 6.92 Å². The lowest BCUT2D eigenvalue weighted by atomic mass is 10.7. The molecule has 0 spiro atoms. The maximum Gasteiger partial charge on any atom is 0.258 e. The molecule has 0 amide bonds. The van der Waals surface area contributed by atoms with Crippen molar-refractivity contribution >= 4 is 5.95 Å². The van der Waals surface area contributed by atoms with Crippen molar-refractivity contribution < 1.29 is 0 Å². The van der Waals surface area contributed by atoms with E-state index in [4.69, 9.17) is 0 Å². The monoisotopic (exact) mass is 257 g/mol. The molecule has 0 saturated heterocycles. The van der Waals surface area contributed by atoms with Gasteiger partial charge in [0, 0.05) is 18.9 Å². The van der Waals surface area contributed by atoms with Gasteiger partial charge in [0.05, 0.1) is 0 Å². The molecule has 3 heterocycles. The first-order valence-electron chi connectivity index (χ1n) is 5.70. The van der Waals surface area contributed by atoms with Crippen LogP contribution < -0.4 is 5.32 Å². The Balaban J connectivity index is 2.09. The van der Waals surface area contributed by atoms with E-state index in [9.17, 15) is 0 Å². The summed E-state index contributed by atoms with van der Waals surface area (Å²) >= 11 is 0. The first kappa shape index (κ1) is 11.3. The molecule has 3 rings (SSSR count). The minimum Gasteiger partial charge on any atom is -0.354 e. The first-order chi connectivity index (χ1) is 9.36. The predicted molar refractivity (Wildman–Crippen MR) is 66.0 cm³/mol. The zero-order valence-corrected chi connectivity index (χ0v) is 10.2. The van der Waals surface area contributed by atoms with E-state index in [0.29, 0.717) is 24.4 Å². The van der Waals surface area contributed by atoms with Gasteiger partial charge in [-0.15, -0.1) is 0 Å². The van der Waals surface area contributed by atoms with Crippen LogP contribution >= 0.6 is 0 Å². The van der Waals surface area contributed by atoms with Crippen LogP contribution in [-0.4, -0.2) is 45.8 Å². The van der Waals surface area contributed by atoms with Gasteiger partial charge < -0.3 is 5.32 Å². The van der Waals surface area contributed by atoms with Crippen molar-refractivity contribution in [2.24, 2.45) is 0 Å². The standard InChI is InChI=1S/C10H11N9/c1-2-13-8-15-9(18-4-3-11-6-18)17-10(16-8)19-7-12-5-14-19/h3-7H,2H2,1H3,(H,13,15,16,17). The van der Waals surface area contributed by atoms with Crippen molar-refractivity contribution in [2.45, 2.75) is 6.92 Å². The fraction of sp³-hybridized carbons (Fsp3) is 0.200. The van der Waals surface area contributed by atoms with Gasteiger partial charge in [-0.3, -0.25) is 4.57 Å². The second-order valence-electron chi connectivity index (χ2n) is 3.60. The van der Waals surface area contributed by atoms with Gasteiger partial charge in [-0.25, -0.2) is 9.97 Å². The number of rotatable bonds is 4. The van der Waals surface area contributed by atoms with Crippen LogP contribution in [0.3, 0.4) is 0 Å². The van der Waals surface area contributed by atoms with Crippen LogP contribution in [0.15, 0.2) is 31.4 Å². The molecule has 0 fully saturated rings. The van der Waals surface area contributed by atoms with E-state index in [1.54, 1.807) is 23.3 Å². The molecule has 3 aromatic heterocycles. The molecule has 0 aromatic carbocycles. The highest BCUT2D eigenvalue weighted by molar-refractivity contribution is 5.32. The second-order valence-corrected chi connectivity index (χ2v) is 3.60. The number of nitrogens with zero attached hydrogens (tertiary/aromatic N) is 8. The van der Waals surface area contributed by atoms with Crippen molar-refractivity contribution in [3.63, 3.8) is 0 Å². The van der Waals surface area contributed by atoms with Crippen molar-refractivity contribution in [1.82, 2.24) is 39.3 Å². The fourth-order valence-corrected chi connectivity index (χ4v) is 1.50. The number of anilines is 1. The lowest BCUT2D eigenvalue weighted by Gasteiger charge is -2.07. The third-order valence-corrected chi connectivity index (χ3v) is 2.31. The molecule has 0 unspecified atom stereocenters. The Morgan fingerprint density at radius 2 is 2.00 bits per heavy atom. The minimum atomic E-state index is 0.396. The lowest BCUT2D eigenvalue weighted by molar-refractivity contribution is 0.773. The number of hydrogen-bond donors (Lipinski definition) is 1. The third kappa shape index (κ3) is 2.25. The smallest absolute Gasteiger partial charge is 0.258 e. The molecule has 0 aliphatic heterocycles. The van der Waals surface area contributed by atoms with Gasteiger partial charge >= 0.3 is 0 Å². The Morgan fingerprint density at radius 3 is 2.68 bits per heavy atom. The van der Waals surface area contributed by atoms with Crippen LogP contribution in [0, 0.1) is 0 Å². The summed E-state index contributed by atoms with van der Waals surface area (Å²) in [5.74, 6) is 1.34. The molecule has 9 nitrogen and oxygen atoms in total. The molecule has 1 N–H and O–H groups in total. The Hall–Kier alpha value is -2.84. The summed E-state index contributed by atoms with van der Waals surface area (Å²) in [6.45, 7) is 2.68. The van der Waals surface area contributed by atoms with Crippen LogP contribution in [0.2, 0.25) is 0 Å². The summed E-state index contributed by atoms with van der Waals surface area (Å²) in [6.07, 6.45) is 7.99. The SMILES string of the molecule is CCNc1nc(-n2ccnc2)nc(-n2cncn2)n1. The van der Waals surface area contributed by atoms with Crippen molar-refractivity contribution in [2.75, 3.05) is 11.9 Å². The van der Waals surface area contributed by atoms with E-state index in [-0.39, 0.29) is 0 Å². The topological polar surface area (TPSA) is 99.2 Å². The van der Waals surface area contributed by atoms with Crippen LogP contribution in [0.4, 0.5) is 5.95 Å². The quantitative estimate of drug-likeness (QED) is 0.706. The van der Waals surface area contributed by atoms with Gasteiger partial charge in [0.15, 0.2) is 0 Å². The average Bonchev–Trinajstić information content (AvgIpc) is 3.12. The molecule has 0 radical (unpaired) electrons. The molecule has 9 heteroatoms. The molecule has 0 atom stereocenters. The van der Waals surface area contributed by atoms with Gasteiger partial charge in [-0.1, -0.05) is 0 Å². The number of imidazole rings is 1. The summed E-state index contributed by atoms with van der Waals surface area (Å²) < 4.78 is 3.17. The van der Waals surface area contributed by atoms with E-state index >= 15 is 0 Å². The summed E-state index contributed by atoms with van der Waals surface area (Å²) in [6, 6.07) is 0. The van der Waals surface area contributed by atoms with E-state index in [1.165, 1.54) is 17.3 Å². The number of aromatic nitrogens is 8. The Labute approximate surface area is 108 Å². The highest BCUT2D eigenvalue weighted by Gasteiger charge is 2.09. The van der Waals surface area contributed by atoms with Gasteiger partial charge in [-0.05, 0) is 6.92 Å². The fourth-order valence-electron chi connectivity index (χ4n) is 1.50. The van der Waals surface area contributed by atoms with Crippen LogP contribution in [0.1, 0.15) is 6.92 Å². The second kappa shape index (κ2) is 4.80. The highest BCUT2D eigenvalue weighted by Crippen LogP contribution is 2.08. The summed E-state index contributed by atoms with van der Waals surface area (Å²) in [7, 11) is 0. The molecule has 0 aliphatic carbocycles. The number of hydrogen-bond acceptors (Lipinski definition) is 7. The highest BCUT2D eigenvalue weighted by atomic mass is 15.4. The normalized spacial score (nSPS) is 10.6. The van der Waals surface area contributed by atoms with Crippen LogP contribution in [0.25, 0.3) is 11.9 Å². The largest absolute Gasteiger partial charge is 0.354 e. The zero-order chi connectivity index (χ0) is 13.1. The van der Waals surface area contributed by atoms with Gasteiger partial charge in [0.2, 0.25) is 11.9 Å². The Bertz CT molecular complexity index is 591. The van der Waals surface area contributed by atoms with Crippen molar-refractivity contribution in [3.05, 3.63) is 31.4 Å². The molecule has 0 saturated carbocycles. The molecule has 0 bridgehead atoms. The molecular formula is C10H11N9. The lowest BCUT2D eigenvalue weighted by Crippen LogP contribution is -2.12. The van der Waals surface area contributed by atoms with E-state index in [0.717, 1.165) is 0 Å². The predicted octanol–water partition coefficient (Wildman–Crippen LogP) is 0.0698. The molecule has 3 aromatic rings. The molecule has 96 valence electrons. The molecule has 0 aliphatic rings. The Kier molecular flexibility index (Phi) is 2.85.